The van der Waals surface area contributed by atoms with E-state index in [-0.39, 0.29) is 23.1 Å². The fourth-order valence-electron chi connectivity index (χ4n) is 1.43. The molecule has 1 unspecified atom stereocenters. The van der Waals surface area contributed by atoms with Crippen LogP contribution >= 0.6 is 15.9 Å². The minimum atomic E-state index is -4.43. The van der Waals surface area contributed by atoms with Crippen molar-refractivity contribution in [1.29, 1.82) is 0 Å². The Kier molecular flexibility index (Phi) is 5.69. The summed E-state index contributed by atoms with van der Waals surface area (Å²) in [5, 5.41) is 0. The van der Waals surface area contributed by atoms with Crippen molar-refractivity contribution in [2.75, 3.05) is 13.2 Å². The van der Waals surface area contributed by atoms with E-state index in [0.29, 0.717) is 0 Å². The molecule has 0 saturated carbocycles. The minimum absolute atomic E-state index is 0.0376. The summed E-state index contributed by atoms with van der Waals surface area (Å²) in [5.74, 6) is -1.70. The van der Waals surface area contributed by atoms with Crippen LogP contribution in [-0.4, -0.2) is 19.4 Å². The molecule has 0 heterocycles. The molecule has 0 fully saturated rings. The van der Waals surface area contributed by atoms with E-state index in [1.165, 1.54) is 6.07 Å². The van der Waals surface area contributed by atoms with Crippen molar-refractivity contribution in [3.05, 3.63) is 33.8 Å². The Morgan fingerprint density at radius 3 is 2.47 bits per heavy atom. The topological polar surface area (TPSA) is 35.2 Å². The largest absolute Gasteiger partial charge is 0.411 e. The molecule has 0 spiro atoms. The van der Waals surface area contributed by atoms with Crippen molar-refractivity contribution in [2.24, 2.45) is 5.73 Å². The van der Waals surface area contributed by atoms with Gasteiger partial charge in [0.1, 0.15) is 18.2 Å². The predicted octanol–water partition coefficient (Wildman–Crippen LogP) is 3.70. The van der Waals surface area contributed by atoms with Gasteiger partial charge < -0.3 is 10.5 Å². The van der Waals surface area contributed by atoms with Crippen molar-refractivity contribution >= 4 is 15.9 Å². The maximum absolute atomic E-state index is 13.6. The molecular weight excluding hydrogens is 337 g/mol. The molecule has 8 heteroatoms. The van der Waals surface area contributed by atoms with Gasteiger partial charge in [-0.1, -0.05) is 0 Å². The number of rotatable bonds is 5. The number of nitrogens with two attached hydrogens (primary N) is 1. The van der Waals surface area contributed by atoms with Crippen molar-refractivity contribution in [1.82, 2.24) is 0 Å². The number of hydrogen-bond acceptors (Lipinski definition) is 2. The predicted molar refractivity (Wildman–Crippen MR) is 62.5 cm³/mol. The zero-order chi connectivity index (χ0) is 14.6. The average molecular weight is 348 g/mol. The van der Waals surface area contributed by atoms with Crippen molar-refractivity contribution in [2.45, 2.75) is 18.6 Å². The number of halogens is 6. The van der Waals surface area contributed by atoms with E-state index in [0.717, 1.165) is 6.07 Å². The highest BCUT2D eigenvalue weighted by molar-refractivity contribution is 9.10. The van der Waals surface area contributed by atoms with E-state index in [9.17, 15) is 22.0 Å². The number of alkyl halides is 3. The third kappa shape index (κ3) is 5.04. The monoisotopic (exact) mass is 347 g/mol. The molecule has 0 radical (unpaired) electrons. The summed E-state index contributed by atoms with van der Waals surface area (Å²) in [6.07, 6.45) is -4.56. The van der Waals surface area contributed by atoms with Gasteiger partial charge >= 0.3 is 6.18 Å². The second-order valence-corrected chi connectivity index (χ2v) is 4.67. The molecule has 0 aliphatic carbocycles. The Morgan fingerprint density at radius 2 is 1.89 bits per heavy atom. The Balaban J connectivity index is 2.59. The van der Waals surface area contributed by atoms with Crippen LogP contribution in [0.3, 0.4) is 0 Å². The third-order valence-electron chi connectivity index (χ3n) is 2.29. The van der Waals surface area contributed by atoms with Gasteiger partial charge in [-0.15, -0.1) is 0 Å². The highest BCUT2D eigenvalue weighted by atomic mass is 79.9. The van der Waals surface area contributed by atoms with Gasteiger partial charge in [-0.25, -0.2) is 8.78 Å². The lowest BCUT2D eigenvalue weighted by molar-refractivity contribution is -0.174. The van der Waals surface area contributed by atoms with Gasteiger partial charge in [0, 0.05) is 18.2 Å². The molecule has 2 nitrogen and oxygen atoms in total. The van der Waals surface area contributed by atoms with Crippen molar-refractivity contribution in [3.63, 3.8) is 0 Å². The number of ether oxygens (including phenoxy) is 1. The molecule has 0 aliphatic heterocycles. The summed E-state index contributed by atoms with van der Waals surface area (Å²) in [6, 6.07) is 1.13. The Labute approximate surface area is 114 Å². The minimum Gasteiger partial charge on any atom is -0.372 e. The van der Waals surface area contributed by atoms with E-state index in [1.54, 1.807) is 0 Å². The average Bonchev–Trinajstić information content (AvgIpc) is 2.29. The van der Waals surface area contributed by atoms with Crippen LogP contribution in [0.1, 0.15) is 18.0 Å². The molecule has 0 amide bonds. The summed E-state index contributed by atoms with van der Waals surface area (Å²) in [5.41, 5.74) is 5.18. The van der Waals surface area contributed by atoms with Gasteiger partial charge in [0.05, 0.1) is 4.47 Å². The molecule has 1 atom stereocenters. The fraction of sp³-hybridized carbons (Fsp3) is 0.455. The van der Waals surface area contributed by atoms with E-state index in [4.69, 9.17) is 5.73 Å². The quantitative estimate of drug-likeness (QED) is 0.500. The van der Waals surface area contributed by atoms with Crippen LogP contribution in [0.2, 0.25) is 0 Å². The molecule has 2 N–H and O–H groups in total. The van der Waals surface area contributed by atoms with Crippen LogP contribution < -0.4 is 5.73 Å². The van der Waals surface area contributed by atoms with E-state index >= 15 is 0 Å². The lowest BCUT2D eigenvalue weighted by Gasteiger charge is -2.15. The lowest BCUT2D eigenvalue weighted by atomic mass is 10.0. The van der Waals surface area contributed by atoms with E-state index < -0.39 is 30.5 Å². The maximum Gasteiger partial charge on any atom is 0.411 e. The zero-order valence-electron chi connectivity index (χ0n) is 9.61. The van der Waals surface area contributed by atoms with Crippen LogP contribution in [0, 0.1) is 11.6 Å². The highest BCUT2D eigenvalue weighted by Gasteiger charge is 2.27. The normalized spacial score (nSPS) is 13.6. The van der Waals surface area contributed by atoms with Gasteiger partial charge in [0.25, 0.3) is 0 Å². The summed E-state index contributed by atoms with van der Waals surface area (Å²) < 4.78 is 66.8. The summed E-state index contributed by atoms with van der Waals surface area (Å²) in [7, 11) is 0. The van der Waals surface area contributed by atoms with E-state index in [2.05, 4.69) is 20.7 Å². The fourth-order valence-corrected chi connectivity index (χ4v) is 1.77. The lowest BCUT2D eigenvalue weighted by Crippen LogP contribution is -2.21. The molecule has 19 heavy (non-hydrogen) atoms. The first-order chi connectivity index (χ1) is 8.72. The first kappa shape index (κ1) is 16.3. The van der Waals surface area contributed by atoms with Gasteiger partial charge in [-0.3, -0.25) is 0 Å². The van der Waals surface area contributed by atoms with Crippen LogP contribution in [0.15, 0.2) is 16.6 Å². The summed E-state index contributed by atoms with van der Waals surface area (Å²) >= 11 is 2.88. The Hall–Kier alpha value is -0.730. The first-order valence-electron chi connectivity index (χ1n) is 5.26. The Bertz CT molecular complexity index is 438. The molecule has 108 valence electrons. The highest BCUT2D eigenvalue weighted by Crippen LogP contribution is 2.27. The van der Waals surface area contributed by atoms with Crippen molar-refractivity contribution in [3.8, 4) is 0 Å². The molecule has 0 aliphatic rings. The van der Waals surface area contributed by atoms with Gasteiger partial charge in [0.15, 0.2) is 0 Å². The summed E-state index contributed by atoms with van der Waals surface area (Å²) in [4.78, 5) is 0. The molecule has 1 aromatic rings. The van der Waals surface area contributed by atoms with E-state index in [1.807, 2.05) is 0 Å². The van der Waals surface area contributed by atoms with Gasteiger partial charge in [-0.2, -0.15) is 13.2 Å². The number of benzene rings is 1. The van der Waals surface area contributed by atoms with Crippen LogP contribution in [0.5, 0.6) is 0 Å². The Morgan fingerprint density at radius 1 is 1.26 bits per heavy atom. The SMILES string of the molecule is NC(CCOCC(F)(F)F)c1c(F)ccc(Br)c1F. The zero-order valence-corrected chi connectivity index (χ0v) is 11.2. The molecule has 1 aromatic carbocycles. The van der Waals surface area contributed by atoms with Crippen molar-refractivity contribution < 1.29 is 26.7 Å². The smallest absolute Gasteiger partial charge is 0.372 e. The molecular formula is C11H11BrF5NO. The first-order valence-corrected chi connectivity index (χ1v) is 6.05. The van der Waals surface area contributed by atoms with Gasteiger partial charge in [-0.05, 0) is 34.5 Å². The van der Waals surface area contributed by atoms with Gasteiger partial charge in [0.2, 0.25) is 0 Å². The third-order valence-corrected chi connectivity index (χ3v) is 2.90. The molecule has 0 saturated heterocycles. The second-order valence-electron chi connectivity index (χ2n) is 3.82. The molecule has 0 bridgehead atoms. The molecule has 0 aromatic heterocycles. The summed E-state index contributed by atoms with van der Waals surface area (Å²) in [6.45, 7) is -1.75. The maximum atomic E-state index is 13.6. The van der Waals surface area contributed by atoms with Crippen LogP contribution in [0.25, 0.3) is 0 Å². The number of hydrogen-bond donors (Lipinski definition) is 1. The van der Waals surface area contributed by atoms with Crippen LogP contribution in [0.4, 0.5) is 22.0 Å². The molecule has 1 rings (SSSR count). The standard InChI is InChI=1S/C11H11BrF5NO/c12-6-1-2-7(13)9(10(6)14)8(18)3-4-19-5-11(15,16)17/h1-2,8H,3-5,18H2. The second kappa shape index (κ2) is 6.62. The van der Waals surface area contributed by atoms with Crippen LogP contribution in [-0.2, 0) is 4.74 Å².